The maximum absolute atomic E-state index is 11.3. The third-order valence-electron chi connectivity index (χ3n) is 2.25. The van der Waals surface area contributed by atoms with E-state index in [1.807, 2.05) is 0 Å². The maximum Gasteiger partial charge on any atom is 0.330 e. The normalized spacial score (nSPS) is 10.9. The Morgan fingerprint density at radius 2 is 1.79 bits per heavy atom. The van der Waals surface area contributed by atoms with Gasteiger partial charge in [-0.15, -0.1) is 0 Å². The van der Waals surface area contributed by atoms with Gasteiger partial charge in [0.15, 0.2) is 5.78 Å². The van der Waals surface area contributed by atoms with Gasteiger partial charge in [-0.1, -0.05) is 26.7 Å². The van der Waals surface area contributed by atoms with Gasteiger partial charge in [-0.3, -0.25) is 4.79 Å². The van der Waals surface area contributed by atoms with Gasteiger partial charge in [-0.05, 0) is 12.0 Å². The fraction of sp³-hybridized carbons (Fsp3) is 0.636. The van der Waals surface area contributed by atoms with E-state index in [4.69, 9.17) is 0 Å². The minimum atomic E-state index is -0.483. The lowest BCUT2D eigenvalue weighted by Crippen LogP contribution is -2.05. The molecule has 0 aliphatic heterocycles. The number of carbonyl (C=O) groups is 2. The summed E-state index contributed by atoms with van der Waals surface area (Å²) < 4.78 is 4.38. The highest BCUT2D eigenvalue weighted by molar-refractivity contribution is 5.95. The highest BCUT2D eigenvalue weighted by atomic mass is 16.5. The molecule has 0 aromatic heterocycles. The number of ether oxygens (including phenoxy) is 1. The van der Waals surface area contributed by atoms with Crippen molar-refractivity contribution in [3.63, 3.8) is 0 Å². The molecule has 0 rings (SSSR count). The molecule has 0 radical (unpaired) electrons. The van der Waals surface area contributed by atoms with Crippen molar-refractivity contribution >= 4 is 11.8 Å². The van der Waals surface area contributed by atoms with Crippen molar-refractivity contribution in [2.24, 2.45) is 5.92 Å². The van der Waals surface area contributed by atoms with Gasteiger partial charge in [0.05, 0.1) is 7.11 Å². The summed E-state index contributed by atoms with van der Waals surface area (Å²) in [4.78, 5) is 22.0. The molecule has 0 bridgehead atoms. The highest BCUT2D eigenvalue weighted by Crippen LogP contribution is 2.12. The molecule has 3 nitrogen and oxygen atoms in total. The van der Waals surface area contributed by atoms with E-state index >= 15 is 0 Å². The van der Waals surface area contributed by atoms with Crippen LogP contribution in [0.25, 0.3) is 0 Å². The van der Waals surface area contributed by atoms with Gasteiger partial charge in [0.1, 0.15) is 0 Å². The molecule has 0 unspecified atom stereocenters. The zero-order chi connectivity index (χ0) is 11.0. The summed E-state index contributed by atoms with van der Waals surface area (Å²) in [6.45, 7) is 4.12. The monoisotopic (exact) mass is 198 g/mol. The van der Waals surface area contributed by atoms with Crippen LogP contribution in [0.5, 0.6) is 0 Å². The summed E-state index contributed by atoms with van der Waals surface area (Å²) in [5, 5.41) is 0. The van der Waals surface area contributed by atoms with Crippen molar-refractivity contribution in [2.45, 2.75) is 33.1 Å². The van der Waals surface area contributed by atoms with Crippen LogP contribution in [0.4, 0.5) is 0 Å². The zero-order valence-corrected chi connectivity index (χ0v) is 9.08. The Labute approximate surface area is 85.1 Å². The molecule has 0 amide bonds. The van der Waals surface area contributed by atoms with E-state index in [1.54, 1.807) is 0 Å². The summed E-state index contributed by atoms with van der Waals surface area (Å²) in [6, 6.07) is 0. The first kappa shape index (κ1) is 12.9. The molecule has 80 valence electrons. The predicted octanol–water partition coefficient (Wildman–Crippen LogP) is 2.11. The Bertz CT molecular complexity index is 215. The molecule has 0 heterocycles. The standard InChI is InChI=1S/C11H18O3/c1-4-9(5-2)8-10(12)6-7-11(13)14-3/h6-7,9H,4-5,8H2,1-3H3. The van der Waals surface area contributed by atoms with Gasteiger partial charge in [0, 0.05) is 12.5 Å². The average Bonchev–Trinajstić information content (AvgIpc) is 2.22. The second-order valence-electron chi connectivity index (χ2n) is 3.21. The minimum Gasteiger partial charge on any atom is -0.466 e. The predicted molar refractivity (Wildman–Crippen MR) is 54.9 cm³/mol. The molecule has 0 atom stereocenters. The summed E-state index contributed by atoms with van der Waals surface area (Å²) >= 11 is 0. The molecule has 0 spiro atoms. The molecule has 0 aliphatic rings. The smallest absolute Gasteiger partial charge is 0.330 e. The molecule has 0 aliphatic carbocycles. The lowest BCUT2D eigenvalue weighted by molar-refractivity contribution is -0.135. The first-order chi connectivity index (χ1) is 6.63. The van der Waals surface area contributed by atoms with E-state index in [-0.39, 0.29) is 5.78 Å². The van der Waals surface area contributed by atoms with E-state index in [0.29, 0.717) is 12.3 Å². The van der Waals surface area contributed by atoms with Crippen LogP contribution >= 0.6 is 0 Å². The van der Waals surface area contributed by atoms with E-state index in [1.165, 1.54) is 19.3 Å². The first-order valence-corrected chi connectivity index (χ1v) is 4.92. The van der Waals surface area contributed by atoms with E-state index in [2.05, 4.69) is 18.6 Å². The number of ketones is 1. The molecular formula is C11H18O3. The molecule has 0 saturated carbocycles. The van der Waals surface area contributed by atoms with Crippen LogP contribution in [0, 0.1) is 5.92 Å². The van der Waals surface area contributed by atoms with Crippen molar-refractivity contribution in [3.05, 3.63) is 12.2 Å². The molecule has 3 heteroatoms. The summed E-state index contributed by atoms with van der Waals surface area (Å²) in [7, 11) is 1.29. The molecule has 0 aromatic rings. The lowest BCUT2D eigenvalue weighted by atomic mass is 9.97. The third kappa shape index (κ3) is 5.51. The van der Waals surface area contributed by atoms with Crippen LogP contribution in [0.15, 0.2) is 12.2 Å². The number of methoxy groups -OCH3 is 1. The van der Waals surface area contributed by atoms with Crippen LogP contribution in [-0.4, -0.2) is 18.9 Å². The van der Waals surface area contributed by atoms with Gasteiger partial charge >= 0.3 is 5.97 Å². The second kappa shape index (κ2) is 7.30. The summed E-state index contributed by atoms with van der Waals surface area (Å²) in [5.74, 6) is -0.0724. The largest absolute Gasteiger partial charge is 0.466 e. The summed E-state index contributed by atoms with van der Waals surface area (Å²) in [6.07, 6.45) is 4.97. The van der Waals surface area contributed by atoms with Gasteiger partial charge in [-0.2, -0.15) is 0 Å². The molecule has 0 saturated heterocycles. The van der Waals surface area contributed by atoms with Crippen molar-refractivity contribution < 1.29 is 14.3 Å². The van der Waals surface area contributed by atoms with Gasteiger partial charge in [0.25, 0.3) is 0 Å². The Morgan fingerprint density at radius 3 is 2.21 bits per heavy atom. The van der Waals surface area contributed by atoms with E-state index < -0.39 is 5.97 Å². The van der Waals surface area contributed by atoms with Crippen molar-refractivity contribution in [2.75, 3.05) is 7.11 Å². The molecule has 0 aromatic carbocycles. The topological polar surface area (TPSA) is 43.4 Å². The Balaban J connectivity index is 3.97. The third-order valence-corrected chi connectivity index (χ3v) is 2.25. The molecule has 0 fully saturated rings. The average molecular weight is 198 g/mol. The number of esters is 1. The SMILES string of the molecule is CCC(CC)CC(=O)C=CC(=O)OC. The Hall–Kier alpha value is -1.12. The number of hydrogen-bond acceptors (Lipinski definition) is 3. The van der Waals surface area contributed by atoms with Crippen LogP contribution < -0.4 is 0 Å². The number of rotatable bonds is 6. The Kier molecular flexibility index (Phi) is 6.72. The van der Waals surface area contributed by atoms with Gasteiger partial charge in [0.2, 0.25) is 0 Å². The van der Waals surface area contributed by atoms with Gasteiger partial charge < -0.3 is 4.74 Å². The molecule has 0 N–H and O–H groups in total. The van der Waals surface area contributed by atoms with Crippen molar-refractivity contribution in [1.29, 1.82) is 0 Å². The second-order valence-corrected chi connectivity index (χ2v) is 3.21. The van der Waals surface area contributed by atoms with Crippen LogP contribution in [-0.2, 0) is 14.3 Å². The molecular weight excluding hydrogens is 180 g/mol. The first-order valence-electron chi connectivity index (χ1n) is 4.92. The number of hydrogen-bond donors (Lipinski definition) is 0. The quantitative estimate of drug-likeness (QED) is 0.485. The van der Waals surface area contributed by atoms with Crippen molar-refractivity contribution in [1.82, 2.24) is 0 Å². The maximum atomic E-state index is 11.3. The highest BCUT2D eigenvalue weighted by Gasteiger charge is 2.07. The fourth-order valence-electron chi connectivity index (χ4n) is 1.16. The summed E-state index contributed by atoms with van der Waals surface area (Å²) in [5.41, 5.74) is 0. The Morgan fingerprint density at radius 1 is 1.21 bits per heavy atom. The minimum absolute atomic E-state index is 0.0101. The van der Waals surface area contributed by atoms with Crippen molar-refractivity contribution in [3.8, 4) is 0 Å². The van der Waals surface area contributed by atoms with Crippen LogP contribution in [0.1, 0.15) is 33.1 Å². The van der Waals surface area contributed by atoms with Gasteiger partial charge in [-0.25, -0.2) is 4.79 Å². The number of carbonyl (C=O) groups excluding carboxylic acids is 2. The zero-order valence-electron chi connectivity index (χ0n) is 9.08. The van der Waals surface area contributed by atoms with E-state index in [0.717, 1.165) is 12.8 Å². The fourth-order valence-corrected chi connectivity index (χ4v) is 1.16. The lowest BCUT2D eigenvalue weighted by Gasteiger charge is -2.08. The number of allylic oxidation sites excluding steroid dienone is 1. The van der Waals surface area contributed by atoms with E-state index in [9.17, 15) is 9.59 Å². The van der Waals surface area contributed by atoms with Crippen LogP contribution in [0.2, 0.25) is 0 Å². The van der Waals surface area contributed by atoms with Crippen LogP contribution in [0.3, 0.4) is 0 Å². The molecule has 14 heavy (non-hydrogen) atoms.